The first kappa shape index (κ1) is 19.7. The quantitative estimate of drug-likeness (QED) is 0.690. The van der Waals surface area contributed by atoms with Gasteiger partial charge < -0.3 is 14.9 Å². The molecular weight excluding hydrogens is 335 g/mol. The number of rotatable bonds is 2. The summed E-state index contributed by atoms with van der Waals surface area (Å²) in [5.74, 6) is -0.0296. The standard InChI is InChI=1S/C20H27O4P/c1-19(2,3)15-12-14(13-10-8-7-9-11-13)18(25(22,23)24)16(17(15)21)20(4,5)6/h7-12,21H,1-6H3,(H2,22,23,24). The van der Waals surface area contributed by atoms with Crippen LogP contribution in [0.3, 0.4) is 0 Å². The monoisotopic (exact) mass is 362 g/mol. The summed E-state index contributed by atoms with van der Waals surface area (Å²) in [6.07, 6.45) is 0. The molecule has 2 rings (SSSR count). The van der Waals surface area contributed by atoms with Gasteiger partial charge in [-0.1, -0.05) is 71.9 Å². The van der Waals surface area contributed by atoms with Gasteiger partial charge in [0, 0.05) is 11.1 Å². The molecule has 0 fully saturated rings. The van der Waals surface area contributed by atoms with E-state index >= 15 is 0 Å². The fourth-order valence-electron chi connectivity index (χ4n) is 3.08. The van der Waals surface area contributed by atoms with Crippen LogP contribution in [0.4, 0.5) is 0 Å². The van der Waals surface area contributed by atoms with E-state index in [4.69, 9.17) is 0 Å². The van der Waals surface area contributed by atoms with Crippen LogP contribution in [-0.2, 0) is 15.4 Å². The fourth-order valence-corrected chi connectivity index (χ4v) is 4.33. The SMILES string of the molecule is CC(C)(C)c1cc(-c2ccccc2)c(P(=O)(O)O)c(C(C)(C)C)c1O. The Morgan fingerprint density at radius 2 is 1.40 bits per heavy atom. The second kappa shape index (κ2) is 6.28. The molecule has 0 aliphatic rings. The average Bonchev–Trinajstić information content (AvgIpc) is 2.44. The molecule has 0 amide bonds. The van der Waals surface area contributed by atoms with E-state index in [9.17, 15) is 19.5 Å². The second-order valence-electron chi connectivity index (χ2n) is 8.45. The van der Waals surface area contributed by atoms with E-state index in [0.717, 1.165) is 5.56 Å². The van der Waals surface area contributed by atoms with Gasteiger partial charge in [-0.25, -0.2) is 0 Å². The smallest absolute Gasteiger partial charge is 0.357 e. The summed E-state index contributed by atoms with van der Waals surface area (Å²) in [5, 5.41) is 10.8. The number of hydrogen-bond donors (Lipinski definition) is 3. The van der Waals surface area contributed by atoms with Crippen molar-refractivity contribution in [3.05, 3.63) is 47.5 Å². The Kier molecular flexibility index (Phi) is 4.95. The lowest BCUT2D eigenvalue weighted by molar-refractivity contribution is 0.383. The molecule has 3 N–H and O–H groups in total. The first-order valence-corrected chi connectivity index (χ1v) is 9.88. The van der Waals surface area contributed by atoms with Crippen molar-refractivity contribution in [3.8, 4) is 16.9 Å². The molecule has 0 saturated carbocycles. The van der Waals surface area contributed by atoms with Gasteiger partial charge in [0.25, 0.3) is 0 Å². The molecule has 0 aliphatic carbocycles. The molecule has 0 bridgehead atoms. The molecule has 5 heteroatoms. The van der Waals surface area contributed by atoms with Crippen molar-refractivity contribution in [2.75, 3.05) is 0 Å². The second-order valence-corrected chi connectivity index (χ2v) is 9.99. The first-order valence-electron chi connectivity index (χ1n) is 8.27. The minimum Gasteiger partial charge on any atom is -0.507 e. The van der Waals surface area contributed by atoms with Crippen molar-refractivity contribution in [2.45, 2.75) is 52.4 Å². The molecule has 0 aliphatic heterocycles. The molecule has 4 nitrogen and oxygen atoms in total. The summed E-state index contributed by atoms with van der Waals surface area (Å²) in [6, 6.07) is 10.9. The van der Waals surface area contributed by atoms with Crippen molar-refractivity contribution in [1.82, 2.24) is 0 Å². The van der Waals surface area contributed by atoms with E-state index in [2.05, 4.69) is 0 Å². The number of hydrogen-bond acceptors (Lipinski definition) is 2. The van der Waals surface area contributed by atoms with E-state index in [1.54, 1.807) is 6.07 Å². The van der Waals surface area contributed by atoms with Gasteiger partial charge in [-0.2, -0.15) is 0 Å². The van der Waals surface area contributed by atoms with Gasteiger partial charge in [0.2, 0.25) is 0 Å². The largest absolute Gasteiger partial charge is 0.507 e. The highest BCUT2D eigenvalue weighted by Gasteiger charge is 2.37. The molecule has 0 saturated heterocycles. The topological polar surface area (TPSA) is 77.8 Å². The zero-order valence-electron chi connectivity index (χ0n) is 15.7. The molecule has 0 atom stereocenters. The summed E-state index contributed by atoms with van der Waals surface area (Å²) in [6.45, 7) is 11.5. The maximum Gasteiger partial charge on any atom is 0.357 e. The third kappa shape index (κ3) is 3.98. The van der Waals surface area contributed by atoms with Crippen molar-refractivity contribution in [3.63, 3.8) is 0 Å². The molecule has 2 aromatic carbocycles. The Balaban J connectivity index is 3.08. The van der Waals surface area contributed by atoms with Crippen LogP contribution in [-0.4, -0.2) is 14.9 Å². The van der Waals surface area contributed by atoms with Gasteiger partial charge in [0.05, 0.1) is 5.30 Å². The minimum absolute atomic E-state index is 0.0296. The summed E-state index contributed by atoms with van der Waals surface area (Å²) in [5.41, 5.74) is 1.17. The summed E-state index contributed by atoms with van der Waals surface area (Å²) < 4.78 is 12.4. The number of phenols is 1. The van der Waals surface area contributed by atoms with E-state index in [1.165, 1.54) is 0 Å². The number of benzene rings is 2. The lowest BCUT2D eigenvalue weighted by Gasteiger charge is -2.31. The van der Waals surface area contributed by atoms with Gasteiger partial charge in [-0.3, -0.25) is 4.57 Å². The van der Waals surface area contributed by atoms with Crippen LogP contribution in [0.2, 0.25) is 0 Å². The predicted molar refractivity (Wildman–Crippen MR) is 103 cm³/mol. The van der Waals surface area contributed by atoms with E-state index < -0.39 is 13.0 Å². The van der Waals surface area contributed by atoms with Crippen LogP contribution in [0, 0.1) is 0 Å². The molecular formula is C20H27O4P. The maximum absolute atomic E-state index is 12.4. The van der Waals surface area contributed by atoms with Crippen LogP contribution in [0.1, 0.15) is 52.7 Å². The van der Waals surface area contributed by atoms with Crippen molar-refractivity contribution >= 4 is 12.9 Å². The number of phenolic OH excluding ortho intramolecular Hbond substituents is 1. The van der Waals surface area contributed by atoms with Crippen LogP contribution in [0.5, 0.6) is 5.75 Å². The molecule has 0 aromatic heterocycles. The molecule has 0 heterocycles. The highest BCUT2D eigenvalue weighted by atomic mass is 31.2. The molecule has 25 heavy (non-hydrogen) atoms. The van der Waals surface area contributed by atoms with Crippen molar-refractivity contribution in [1.29, 1.82) is 0 Å². The predicted octanol–water partition coefficient (Wildman–Crippen LogP) is 4.46. The van der Waals surface area contributed by atoms with Crippen LogP contribution < -0.4 is 5.30 Å². The van der Waals surface area contributed by atoms with Crippen LogP contribution >= 0.6 is 7.60 Å². The summed E-state index contributed by atoms with van der Waals surface area (Å²) in [7, 11) is -4.61. The fraction of sp³-hybridized carbons (Fsp3) is 0.400. The Bertz CT molecular complexity index is 822. The van der Waals surface area contributed by atoms with Gasteiger partial charge in [0.15, 0.2) is 0 Å². The van der Waals surface area contributed by atoms with Crippen LogP contribution in [0.15, 0.2) is 36.4 Å². The molecule has 0 unspecified atom stereocenters. The Morgan fingerprint density at radius 1 is 0.880 bits per heavy atom. The minimum atomic E-state index is -4.61. The van der Waals surface area contributed by atoms with E-state index in [0.29, 0.717) is 16.7 Å². The highest BCUT2D eigenvalue weighted by molar-refractivity contribution is 7.60. The first-order chi connectivity index (χ1) is 11.2. The van der Waals surface area contributed by atoms with E-state index in [1.807, 2.05) is 71.9 Å². The van der Waals surface area contributed by atoms with Gasteiger partial charge in [-0.15, -0.1) is 0 Å². The van der Waals surface area contributed by atoms with Crippen molar-refractivity contribution in [2.24, 2.45) is 0 Å². The Morgan fingerprint density at radius 3 is 1.80 bits per heavy atom. The average molecular weight is 362 g/mol. The molecule has 0 spiro atoms. The molecule has 136 valence electrons. The van der Waals surface area contributed by atoms with Gasteiger partial charge in [-0.05, 0) is 28.0 Å². The molecule has 2 aromatic rings. The van der Waals surface area contributed by atoms with Gasteiger partial charge >= 0.3 is 7.60 Å². The zero-order chi connectivity index (χ0) is 19.2. The molecule has 0 radical (unpaired) electrons. The van der Waals surface area contributed by atoms with E-state index in [-0.39, 0.29) is 16.5 Å². The van der Waals surface area contributed by atoms with Gasteiger partial charge in [0.1, 0.15) is 5.75 Å². The lowest BCUT2D eigenvalue weighted by atomic mass is 9.77. The third-order valence-electron chi connectivity index (χ3n) is 4.21. The Labute approximate surface area is 149 Å². The highest BCUT2D eigenvalue weighted by Crippen LogP contribution is 2.48. The van der Waals surface area contributed by atoms with Crippen LogP contribution in [0.25, 0.3) is 11.1 Å². The normalized spacial score (nSPS) is 13.1. The maximum atomic E-state index is 12.4. The summed E-state index contributed by atoms with van der Waals surface area (Å²) >= 11 is 0. The number of aromatic hydroxyl groups is 1. The zero-order valence-corrected chi connectivity index (χ0v) is 16.6. The third-order valence-corrected chi connectivity index (χ3v) is 5.25. The van der Waals surface area contributed by atoms with Crippen molar-refractivity contribution < 1.29 is 19.5 Å². The Hall–Kier alpha value is -1.61. The summed E-state index contributed by atoms with van der Waals surface area (Å²) in [4.78, 5) is 20.2. The lowest BCUT2D eigenvalue weighted by Crippen LogP contribution is -2.27.